The molecule has 0 unspecified atom stereocenters. The molecule has 2 N–H and O–H groups in total. The van der Waals surface area contributed by atoms with Crippen LogP contribution in [0.2, 0.25) is 0 Å². The Labute approximate surface area is 139 Å². The molecule has 0 bridgehead atoms. The van der Waals surface area contributed by atoms with E-state index in [9.17, 15) is 9.00 Å². The van der Waals surface area contributed by atoms with E-state index < -0.39 is 10.8 Å². The summed E-state index contributed by atoms with van der Waals surface area (Å²) in [6.07, 6.45) is 0.895. The van der Waals surface area contributed by atoms with Crippen LogP contribution in [0.5, 0.6) is 0 Å². The van der Waals surface area contributed by atoms with Crippen molar-refractivity contribution in [1.82, 2.24) is 5.32 Å². The van der Waals surface area contributed by atoms with Gasteiger partial charge in [-0.1, -0.05) is 49.4 Å². The van der Waals surface area contributed by atoms with Crippen molar-refractivity contribution in [1.29, 1.82) is 0 Å². The fraction of sp³-hybridized carbons (Fsp3) is 0.278. The monoisotopic (exact) mass is 330 g/mol. The van der Waals surface area contributed by atoms with Crippen LogP contribution in [-0.2, 0) is 22.3 Å². The van der Waals surface area contributed by atoms with E-state index in [0.29, 0.717) is 23.7 Å². The lowest BCUT2D eigenvalue weighted by atomic mass is 10.2. The SMILES string of the molecule is CCCNC(=O)Nc1cccc(C[S@@](=O)Cc2ccccc2)c1. The molecule has 23 heavy (non-hydrogen) atoms. The highest BCUT2D eigenvalue weighted by atomic mass is 32.2. The van der Waals surface area contributed by atoms with Gasteiger partial charge in [-0.3, -0.25) is 4.21 Å². The molecule has 4 nitrogen and oxygen atoms in total. The standard InChI is InChI=1S/C18H22N2O2S/c1-2-11-19-18(21)20-17-10-6-9-16(12-17)14-23(22)13-15-7-4-3-5-8-15/h3-10,12H,2,11,13-14H2,1H3,(H2,19,20,21)/t23-/m0/s1. The summed E-state index contributed by atoms with van der Waals surface area (Å²) in [6, 6.07) is 17.1. The van der Waals surface area contributed by atoms with Crippen LogP contribution in [-0.4, -0.2) is 16.8 Å². The Morgan fingerprint density at radius 1 is 1.00 bits per heavy atom. The zero-order valence-corrected chi connectivity index (χ0v) is 14.1. The van der Waals surface area contributed by atoms with Crippen LogP contribution in [0.1, 0.15) is 24.5 Å². The van der Waals surface area contributed by atoms with Gasteiger partial charge in [0.15, 0.2) is 0 Å². The molecule has 2 aromatic carbocycles. The molecule has 0 aliphatic heterocycles. The second kappa shape index (κ2) is 9.10. The van der Waals surface area contributed by atoms with Crippen molar-refractivity contribution in [3.8, 4) is 0 Å². The maximum absolute atomic E-state index is 12.3. The van der Waals surface area contributed by atoms with Gasteiger partial charge in [-0.15, -0.1) is 0 Å². The van der Waals surface area contributed by atoms with Gasteiger partial charge in [-0.25, -0.2) is 4.79 Å². The summed E-state index contributed by atoms with van der Waals surface area (Å²) in [5, 5.41) is 5.55. The van der Waals surface area contributed by atoms with Crippen LogP contribution in [0, 0.1) is 0 Å². The molecule has 0 aliphatic rings. The Morgan fingerprint density at radius 2 is 1.70 bits per heavy atom. The van der Waals surface area contributed by atoms with Gasteiger partial charge in [-0.05, 0) is 29.7 Å². The van der Waals surface area contributed by atoms with Crippen molar-refractivity contribution in [3.05, 3.63) is 65.7 Å². The van der Waals surface area contributed by atoms with Gasteiger partial charge < -0.3 is 10.6 Å². The van der Waals surface area contributed by atoms with E-state index in [0.717, 1.165) is 17.5 Å². The Morgan fingerprint density at radius 3 is 2.43 bits per heavy atom. The molecule has 2 rings (SSSR count). The van der Waals surface area contributed by atoms with Crippen LogP contribution in [0.4, 0.5) is 10.5 Å². The third kappa shape index (κ3) is 6.24. The molecule has 0 radical (unpaired) electrons. The molecule has 0 aliphatic carbocycles. The fourth-order valence-corrected chi connectivity index (χ4v) is 3.37. The first-order valence-corrected chi connectivity index (χ1v) is 9.19. The Balaban J connectivity index is 1.91. The first-order chi connectivity index (χ1) is 11.2. The van der Waals surface area contributed by atoms with E-state index in [-0.39, 0.29) is 6.03 Å². The lowest BCUT2D eigenvalue weighted by Gasteiger charge is -2.08. The summed E-state index contributed by atoms with van der Waals surface area (Å²) in [7, 11) is -0.976. The molecule has 2 amide bonds. The van der Waals surface area contributed by atoms with Crippen molar-refractivity contribution >= 4 is 22.5 Å². The van der Waals surface area contributed by atoms with Gasteiger partial charge in [-0.2, -0.15) is 0 Å². The lowest BCUT2D eigenvalue weighted by molar-refractivity contribution is 0.252. The highest BCUT2D eigenvalue weighted by Crippen LogP contribution is 2.14. The number of hydrogen-bond donors (Lipinski definition) is 2. The molecule has 0 fully saturated rings. The van der Waals surface area contributed by atoms with E-state index in [1.54, 1.807) is 0 Å². The zero-order chi connectivity index (χ0) is 16.5. The molecule has 1 atom stereocenters. The molecular weight excluding hydrogens is 308 g/mol. The number of anilines is 1. The molecule has 0 aromatic heterocycles. The third-order valence-corrected chi connectivity index (χ3v) is 4.53. The average molecular weight is 330 g/mol. The number of hydrogen-bond acceptors (Lipinski definition) is 2. The van der Waals surface area contributed by atoms with E-state index in [2.05, 4.69) is 10.6 Å². The number of carbonyl (C=O) groups is 1. The lowest BCUT2D eigenvalue weighted by Crippen LogP contribution is -2.29. The predicted octanol–water partition coefficient (Wildman–Crippen LogP) is 3.67. The molecule has 0 saturated heterocycles. The minimum absolute atomic E-state index is 0.214. The number of rotatable bonds is 7. The van der Waals surface area contributed by atoms with E-state index in [1.807, 2.05) is 61.5 Å². The molecular formula is C18H22N2O2S. The van der Waals surface area contributed by atoms with Gasteiger partial charge in [0.25, 0.3) is 0 Å². The van der Waals surface area contributed by atoms with Crippen molar-refractivity contribution < 1.29 is 9.00 Å². The molecule has 0 saturated carbocycles. The average Bonchev–Trinajstić information content (AvgIpc) is 2.54. The normalized spacial score (nSPS) is 11.7. The smallest absolute Gasteiger partial charge is 0.319 e. The largest absolute Gasteiger partial charge is 0.338 e. The Hall–Kier alpha value is -2.14. The Kier molecular flexibility index (Phi) is 6.81. The minimum atomic E-state index is -0.976. The maximum Gasteiger partial charge on any atom is 0.319 e. The van der Waals surface area contributed by atoms with Crippen LogP contribution in [0.15, 0.2) is 54.6 Å². The number of amides is 2. The zero-order valence-electron chi connectivity index (χ0n) is 13.2. The summed E-state index contributed by atoms with van der Waals surface area (Å²) < 4.78 is 12.3. The number of benzene rings is 2. The summed E-state index contributed by atoms with van der Waals surface area (Å²) in [6.45, 7) is 2.65. The first-order valence-electron chi connectivity index (χ1n) is 7.70. The number of carbonyl (C=O) groups excluding carboxylic acids is 1. The van der Waals surface area contributed by atoms with E-state index >= 15 is 0 Å². The predicted molar refractivity (Wildman–Crippen MR) is 95.7 cm³/mol. The van der Waals surface area contributed by atoms with Crippen molar-refractivity contribution in [2.45, 2.75) is 24.9 Å². The van der Waals surface area contributed by atoms with Crippen molar-refractivity contribution in [2.24, 2.45) is 0 Å². The first kappa shape index (κ1) is 17.2. The van der Waals surface area contributed by atoms with Crippen LogP contribution >= 0.6 is 0 Å². The number of nitrogens with one attached hydrogen (secondary N) is 2. The topological polar surface area (TPSA) is 58.2 Å². The molecule has 2 aromatic rings. The third-order valence-electron chi connectivity index (χ3n) is 3.22. The van der Waals surface area contributed by atoms with Gasteiger partial charge >= 0.3 is 6.03 Å². The van der Waals surface area contributed by atoms with Gasteiger partial charge in [0, 0.05) is 34.5 Å². The molecule has 5 heteroatoms. The van der Waals surface area contributed by atoms with Crippen LogP contribution < -0.4 is 10.6 Å². The maximum atomic E-state index is 12.3. The highest BCUT2D eigenvalue weighted by molar-refractivity contribution is 7.83. The van der Waals surface area contributed by atoms with Crippen molar-refractivity contribution in [3.63, 3.8) is 0 Å². The summed E-state index contributed by atoms with van der Waals surface area (Å²) in [5.74, 6) is 1.01. The summed E-state index contributed by atoms with van der Waals surface area (Å²) in [5.41, 5.74) is 2.74. The minimum Gasteiger partial charge on any atom is -0.338 e. The highest BCUT2D eigenvalue weighted by Gasteiger charge is 2.06. The molecule has 122 valence electrons. The fourth-order valence-electron chi connectivity index (χ4n) is 2.15. The van der Waals surface area contributed by atoms with Crippen LogP contribution in [0.3, 0.4) is 0 Å². The Bertz CT molecular complexity index is 659. The second-order valence-corrected chi connectivity index (χ2v) is 6.75. The summed E-state index contributed by atoms with van der Waals surface area (Å²) in [4.78, 5) is 11.7. The van der Waals surface area contributed by atoms with Gasteiger partial charge in [0.2, 0.25) is 0 Å². The van der Waals surface area contributed by atoms with Crippen LogP contribution in [0.25, 0.3) is 0 Å². The van der Waals surface area contributed by atoms with E-state index in [4.69, 9.17) is 0 Å². The van der Waals surface area contributed by atoms with Gasteiger partial charge in [0.1, 0.15) is 0 Å². The molecule has 0 heterocycles. The van der Waals surface area contributed by atoms with Crippen molar-refractivity contribution in [2.75, 3.05) is 11.9 Å². The van der Waals surface area contributed by atoms with Gasteiger partial charge in [0.05, 0.1) is 0 Å². The molecule has 0 spiro atoms. The van der Waals surface area contributed by atoms with E-state index in [1.165, 1.54) is 0 Å². The quantitative estimate of drug-likeness (QED) is 0.814. The number of urea groups is 1. The summed E-state index contributed by atoms with van der Waals surface area (Å²) >= 11 is 0. The second-order valence-electron chi connectivity index (χ2n) is 5.30.